The summed E-state index contributed by atoms with van der Waals surface area (Å²) in [6, 6.07) is 0. The van der Waals surface area contributed by atoms with Crippen molar-refractivity contribution in [1.29, 1.82) is 0 Å². The second-order valence-electron chi connectivity index (χ2n) is 3.07. The Balaban J connectivity index is 2.84. The normalized spacial score (nSPS) is 10.6. The summed E-state index contributed by atoms with van der Waals surface area (Å²) < 4.78 is 3.86. The van der Waals surface area contributed by atoms with Crippen LogP contribution in [-0.2, 0) is 6.42 Å². The molecule has 1 aromatic rings. The van der Waals surface area contributed by atoms with E-state index in [1.807, 2.05) is 0 Å². The van der Waals surface area contributed by atoms with Gasteiger partial charge >= 0.3 is 5.97 Å². The highest BCUT2D eigenvalue weighted by Gasteiger charge is 2.13. The number of carbonyl (C=O) groups is 1. The highest BCUT2D eigenvalue weighted by atomic mass is 32.1. The predicted molar refractivity (Wildman–Crippen MR) is 47.6 cm³/mol. The summed E-state index contributed by atoms with van der Waals surface area (Å²) in [6.45, 7) is 4.12. The van der Waals surface area contributed by atoms with Gasteiger partial charge in [-0.25, -0.2) is 4.79 Å². The van der Waals surface area contributed by atoms with Gasteiger partial charge < -0.3 is 5.11 Å². The van der Waals surface area contributed by atoms with Gasteiger partial charge in [0.1, 0.15) is 0 Å². The average Bonchev–Trinajstić information content (AvgIpc) is 2.33. The molecule has 1 N–H and O–H groups in total. The average molecular weight is 185 g/mol. The van der Waals surface area contributed by atoms with Gasteiger partial charge in [-0.15, -0.1) is 0 Å². The molecule has 0 aliphatic rings. The molecule has 0 amide bonds. The third-order valence-electron chi connectivity index (χ3n) is 1.47. The van der Waals surface area contributed by atoms with Gasteiger partial charge in [-0.2, -0.15) is 4.37 Å². The van der Waals surface area contributed by atoms with Gasteiger partial charge in [0.2, 0.25) is 0 Å². The molecule has 0 spiro atoms. The molecule has 66 valence electrons. The Labute approximate surface area is 75.2 Å². The Morgan fingerprint density at radius 3 is 2.92 bits per heavy atom. The van der Waals surface area contributed by atoms with Crippen LogP contribution < -0.4 is 0 Å². The first kappa shape index (κ1) is 9.19. The van der Waals surface area contributed by atoms with Crippen LogP contribution in [-0.4, -0.2) is 15.4 Å². The van der Waals surface area contributed by atoms with E-state index in [4.69, 9.17) is 5.11 Å². The molecule has 0 fully saturated rings. The zero-order chi connectivity index (χ0) is 9.14. The number of aromatic nitrogens is 1. The lowest BCUT2D eigenvalue weighted by Crippen LogP contribution is -2.01. The molecule has 0 radical (unpaired) electrons. The second kappa shape index (κ2) is 3.67. The maximum absolute atomic E-state index is 10.6. The number of nitrogens with zero attached hydrogens (tertiary/aromatic N) is 1. The molecule has 12 heavy (non-hydrogen) atoms. The standard InChI is InChI=1S/C8H11NO2S/c1-5(2)3-7-6(8(10)11)4-9-12-7/h4-5H,3H2,1-2H3,(H,10,11). The molecule has 0 aromatic carbocycles. The summed E-state index contributed by atoms with van der Waals surface area (Å²) in [5.41, 5.74) is 0.355. The van der Waals surface area contributed by atoms with E-state index < -0.39 is 5.97 Å². The first-order valence-electron chi connectivity index (χ1n) is 3.78. The van der Waals surface area contributed by atoms with Crippen LogP contribution >= 0.6 is 11.5 Å². The van der Waals surface area contributed by atoms with E-state index in [2.05, 4.69) is 18.2 Å². The van der Waals surface area contributed by atoms with Crippen LogP contribution in [0.15, 0.2) is 6.20 Å². The van der Waals surface area contributed by atoms with Crippen molar-refractivity contribution in [3.63, 3.8) is 0 Å². The van der Waals surface area contributed by atoms with E-state index >= 15 is 0 Å². The number of carboxylic acid groups (broad SMARTS) is 1. The van der Waals surface area contributed by atoms with Crippen LogP contribution in [0.2, 0.25) is 0 Å². The molecule has 4 heteroatoms. The molecule has 0 aliphatic heterocycles. The minimum atomic E-state index is -0.876. The zero-order valence-electron chi connectivity index (χ0n) is 7.07. The van der Waals surface area contributed by atoms with Crippen LogP contribution in [0.3, 0.4) is 0 Å². The van der Waals surface area contributed by atoms with Gasteiger partial charge in [0.05, 0.1) is 11.8 Å². The molecule has 1 aromatic heterocycles. The summed E-state index contributed by atoms with van der Waals surface area (Å²) in [6.07, 6.45) is 2.22. The van der Waals surface area contributed by atoms with Gasteiger partial charge in [-0.1, -0.05) is 13.8 Å². The predicted octanol–water partition coefficient (Wildman–Crippen LogP) is 2.04. The molecular formula is C8H11NO2S. The summed E-state index contributed by atoms with van der Waals surface area (Å²) in [7, 11) is 0. The van der Waals surface area contributed by atoms with Crippen molar-refractivity contribution in [2.24, 2.45) is 5.92 Å². The molecule has 0 unspecified atom stereocenters. The maximum atomic E-state index is 10.6. The van der Waals surface area contributed by atoms with Gasteiger partial charge in [0.15, 0.2) is 0 Å². The van der Waals surface area contributed by atoms with Gasteiger partial charge in [-0.3, -0.25) is 0 Å². The highest BCUT2D eigenvalue weighted by Crippen LogP contribution is 2.17. The summed E-state index contributed by atoms with van der Waals surface area (Å²) in [5, 5.41) is 8.73. The van der Waals surface area contributed by atoms with Crippen molar-refractivity contribution < 1.29 is 9.90 Å². The second-order valence-corrected chi connectivity index (χ2v) is 3.95. The van der Waals surface area contributed by atoms with Crippen LogP contribution in [0.25, 0.3) is 0 Å². The monoisotopic (exact) mass is 185 g/mol. The largest absolute Gasteiger partial charge is 0.478 e. The Bertz CT molecular complexity index is 280. The lowest BCUT2D eigenvalue weighted by Gasteiger charge is -2.01. The fourth-order valence-corrected chi connectivity index (χ4v) is 1.89. The minimum absolute atomic E-state index is 0.355. The molecule has 1 rings (SSSR count). The quantitative estimate of drug-likeness (QED) is 0.784. The first-order chi connectivity index (χ1) is 5.61. The molecule has 0 aliphatic carbocycles. The lowest BCUT2D eigenvalue weighted by molar-refractivity contribution is 0.0696. The number of aromatic carboxylic acids is 1. The Morgan fingerprint density at radius 1 is 1.75 bits per heavy atom. The maximum Gasteiger partial charge on any atom is 0.338 e. The Morgan fingerprint density at radius 2 is 2.42 bits per heavy atom. The summed E-state index contributed by atoms with van der Waals surface area (Å²) in [5.74, 6) is -0.400. The van der Waals surface area contributed by atoms with E-state index in [1.165, 1.54) is 17.7 Å². The van der Waals surface area contributed by atoms with Crippen LogP contribution in [0.5, 0.6) is 0 Å². The van der Waals surface area contributed by atoms with Crippen LogP contribution in [0.1, 0.15) is 29.1 Å². The van der Waals surface area contributed by atoms with E-state index in [1.54, 1.807) is 0 Å². The number of rotatable bonds is 3. The molecule has 3 nitrogen and oxygen atoms in total. The number of carboxylic acids is 1. The topological polar surface area (TPSA) is 50.2 Å². The molecule has 1 heterocycles. The van der Waals surface area contributed by atoms with Gasteiger partial charge in [0.25, 0.3) is 0 Å². The van der Waals surface area contributed by atoms with E-state index in [9.17, 15) is 4.79 Å². The van der Waals surface area contributed by atoms with Crippen molar-refractivity contribution in [2.75, 3.05) is 0 Å². The minimum Gasteiger partial charge on any atom is -0.478 e. The lowest BCUT2D eigenvalue weighted by atomic mass is 10.1. The van der Waals surface area contributed by atoms with E-state index in [0.29, 0.717) is 11.5 Å². The van der Waals surface area contributed by atoms with Crippen molar-refractivity contribution in [3.05, 3.63) is 16.6 Å². The van der Waals surface area contributed by atoms with Crippen LogP contribution in [0, 0.1) is 5.92 Å². The zero-order valence-corrected chi connectivity index (χ0v) is 7.89. The molecular weight excluding hydrogens is 174 g/mol. The fourth-order valence-electron chi connectivity index (χ4n) is 0.956. The highest BCUT2D eigenvalue weighted by molar-refractivity contribution is 7.06. The summed E-state index contributed by atoms with van der Waals surface area (Å²) in [4.78, 5) is 11.5. The molecule has 0 bridgehead atoms. The SMILES string of the molecule is CC(C)Cc1sncc1C(=O)O. The Hall–Kier alpha value is -0.900. The molecule has 0 saturated carbocycles. The van der Waals surface area contributed by atoms with Crippen LogP contribution in [0.4, 0.5) is 0 Å². The van der Waals surface area contributed by atoms with Crippen molar-refractivity contribution in [1.82, 2.24) is 4.37 Å². The summed E-state index contributed by atoms with van der Waals surface area (Å²) >= 11 is 1.28. The molecule has 0 saturated heterocycles. The van der Waals surface area contributed by atoms with Gasteiger partial charge in [-0.05, 0) is 23.9 Å². The van der Waals surface area contributed by atoms with E-state index in [-0.39, 0.29) is 0 Å². The van der Waals surface area contributed by atoms with Crippen molar-refractivity contribution in [3.8, 4) is 0 Å². The number of hydrogen-bond donors (Lipinski definition) is 1. The van der Waals surface area contributed by atoms with E-state index in [0.717, 1.165) is 11.3 Å². The molecule has 0 atom stereocenters. The number of hydrogen-bond acceptors (Lipinski definition) is 3. The van der Waals surface area contributed by atoms with Gasteiger partial charge in [0, 0.05) is 4.88 Å². The smallest absolute Gasteiger partial charge is 0.338 e. The first-order valence-corrected chi connectivity index (χ1v) is 4.55. The van der Waals surface area contributed by atoms with Crippen molar-refractivity contribution >= 4 is 17.5 Å². The third kappa shape index (κ3) is 2.04. The Kier molecular flexibility index (Phi) is 2.81. The fraction of sp³-hybridized carbons (Fsp3) is 0.500. The third-order valence-corrected chi connectivity index (χ3v) is 2.29. The van der Waals surface area contributed by atoms with Crippen molar-refractivity contribution in [2.45, 2.75) is 20.3 Å².